The Morgan fingerprint density at radius 1 is 1.16 bits per heavy atom. The lowest BCUT2D eigenvalue weighted by atomic mass is 10.0. The van der Waals surface area contributed by atoms with Crippen LogP contribution in [0, 0.1) is 12.7 Å². The van der Waals surface area contributed by atoms with Crippen molar-refractivity contribution in [3.8, 4) is 22.9 Å². The lowest BCUT2D eigenvalue weighted by molar-refractivity contribution is 0.132. The fourth-order valence-corrected chi connectivity index (χ4v) is 6.42. The predicted molar refractivity (Wildman–Crippen MR) is 164 cm³/mol. The average molecular weight is 625 g/mol. The number of amides is 1. The van der Waals surface area contributed by atoms with Gasteiger partial charge in [-0.1, -0.05) is 12.1 Å². The highest BCUT2D eigenvalue weighted by molar-refractivity contribution is 7.92. The number of anilines is 2. The maximum Gasteiger partial charge on any atom is 0.407 e. The Morgan fingerprint density at radius 3 is 2.73 bits per heavy atom. The van der Waals surface area contributed by atoms with Gasteiger partial charge in [-0.25, -0.2) is 32.6 Å². The average Bonchev–Trinajstić information content (AvgIpc) is 3.00. The van der Waals surface area contributed by atoms with Crippen molar-refractivity contribution in [3.63, 3.8) is 0 Å². The molecular weight excluding hydrogens is 591 g/mol. The first-order valence-corrected chi connectivity index (χ1v) is 15.7. The van der Waals surface area contributed by atoms with Crippen molar-refractivity contribution in [1.29, 1.82) is 0 Å². The van der Waals surface area contributed by atoms with E-state index in [2.05, 4.69) is 25.0 Å². The number of methoxy groups -OCH3 is 1. The number of sulfonamides is 1. The van der Waals surface area contributed by atoms with Crippen molar-refractivity contribution in [2.24, 2.45) is 0 Å². The Hall–Kier alpha value is -4.56. The molecule has 2 aromatic carbocycles. The number of aryl methyl sites for hydroxylation is 1. The molecule has 1 amide bonds. The fourth-order valence-electron chi connectivity index (χ4n) is 5.07. The molecular formula is C30H33FN6O6S. The van der Waals surface area contributed by atoms with Gasteiger partial charge in [-0.2, -0.15) is 0 Å². The number of aromatic nitrogens is 3. The first kappa shape index (κ1) is 30.9. The van der Waals surface area contributed by atoms with Gasteiger partial charge in [0.1, 0.15) is 11.6 Å². The van der Waals surface area contributed by atoms with Gasteiger partial charge >= 0.3 is 6.09 Å². The van der Waals surface area contributed by atoms with Gasteiger partial charge in [-0.3, -0.25) is 4.72 Å². The number of halogens is 1. The molecule has 0 radical (unpaired) electrons. The summed E-state index contributed by atoms with van der Waals surface area (Å²) in [6, 6.07) is 11.2. The summed E-state index contributed by atoms with van der Waals surface area (Å²) in [6.07, 6.45) is 3.12. The molecule has 3 heterocycles. The number of fused-ring (bicyclic) bond motifs is 1. The molecule has 12 nitrogen and oxygen atoms in total. The van der Waals surface area contributed by atoms with E-state index in [1.807, 2.05) is 6.92 Å². The van der Waals surface area contributed by atoms with E-state index in [-0.39, 0.29) is 23.4 Å². The summed E-state index contributed by atoms with van der Waals surface area (Å²) in [5.74, 6) is -0.143. The Labute approximate surface area is 254 Å². The minimum atomic E-state index is -3.93. The number of carbonyl (C=O) groups is 1. The van der Waals surface area contributed by atoms with Crippen LogP contribution in [0.4, 0.5) is 20.8 Å². The van der Waals surface area contributed by atoms with E-state index < -0.39 is 28.0 Å². The van der Waals surface area contributed by atoms with E-state index in [0.717, 1.165) is 12.8 Å². The number of rotatable bonds is 10. The number of pyridine rings is 1. The van der Waals surface area contributed by atoms with Crippen LogP contribution in [0.2, 0.25) is 0 Å². The topological polar surface area (TPSA) is 156 Å². The Balaban J connectivity index is 1.46. The molecule has 3 N–H and O–H groups in total. The van der Waals surface area contributed by atoms with Crippen LogP contribution in [0.1, 0.15) is 25.3 Å². The minimum Gasteiger partial charge on any atom is -0.465 e. The quantitative estimate of drug-likeness (QED) is 0.213. The highest BCUT2D eigenvalue weighted by Gasteiger charge is 2.24. The van der Waals surface area contributed by atoms with E-state index in [0.29, 0.717) is 52.4 Å². The molecule has 2 unspecified atom stereocenters. The number of nitrogens with one attached hydrogen (secondary N) is 2. The van der Waals surface area contributed by atoms with Crippen molar-refractivity contribution in [3.05, 3.63) is 66.2 Å². The zero-order valence-electron chi connectivity index (χ0n) is 24.4. The van der Waals surface area contributed by atoms with E-state index in [9.17, 15) is 18.3 Å². The Bertz CT molecular complexity index is 1790. The van der Waals surface area contributed by atoms with Gasteiger partial charge in [-0.15, -0.1) is 0 Å². The molecule has 232 valence electrons. The van der Waals surface area contributed by atoms with E-state index >= 15 is 4.39 Å². The number of ether oxygens (including phenoxy) is 2. The van der Waals surface area contributed by atoms with E-state index in [1.54, 1.807) is 49.6 Å². The number of nitrogens with zero attached hydrogens (tertiary/aromatic N) is 4. The third-order valence-corrected chi connectivity index (χ3v) is 8.76. The summed E-state index contributed by atoms with van der Waals surface area (Å²) in [5.41, 5.74) is 1.60. The lowest BCUT2D eigenvalue weighted by Crippen LogP contribution is -2.44. The molecule has 1 aliphatic heterocycles. The molecule has 1 saturated heterocycles. The number of hydrogen-bond donors (Lipinski definition) is 3. The number of piperidine rings is 1. The second-order valence-electron chi connectivity index (χ2n) is 10.6. The molecule has 44 heavy (non-hydrogen) atoms. The third kappa shape index (κ3) is 6.97. The van der Waals surface area contributed by atoms with Gasteiger partial charge in [0.15, 0.2) is 0 Å². The highest BCUT2D eigenvalue weighted by atomic mass is 32.2. The summed E-state index contributed by atoms with van der Waals surface area (Å²) in [6.45, 7) is 4.25. The van der Waals surface area contributed by atoms with Crippen LogP contribution in [0.25, 0.3) is 22.0 Å². The van der Waals surface area contributed by atoms with Crippen molar-refractivity contribution in [1.82, 2.24) is 19.9 Å². The van der Waals surface area contributed by atoms with Crippen LogP contribution >= 0.6 is 0 Å². The van der Waals surface area contributed by atoms with Crippen LogP contribution in [0.15, 0.2) is 54.9 Å². The molecule has 0 saturated carbocycles. The van der Waals surface area contributed by atoms with Gasteiger partial charge in [0.25, 0.3) is 0 Å². The smallest absolute Gasteiger partial charge is 0.407 e. The number of carboxylic acid groups (broad SMARTS) is 1. The molecule has 4 aromatic rings. The summed E-state index contributed by atoms with van der Waals surface area (Å²) in [7, 11) is -2.52. The van der Waals surface area contributed by atoms with Crippen LogP contribution in [-0.4, -0.2) is 77.6 Å². The molecule has 5 rings (SSSR count). The number of benzene rings is 2. The van der Waals surface area contributed by atoms with Gasteiger partial charge in [0.2, 0.25) is 21.9 Å². The maximum atomic E-state index is 15.0. The predicted octanol–water partition coefficient (Wildman–Crippen LogP) is 5.26. The van der Waals surface area contributed by atoms with Crippen molar-refractivity contribution < 1.29 is 32.2 Å². The van der Waals surface area contributed by atoms with Gasteiger partial charge in [-0.05, 0) is 62.6 Å². The summed E-state index contributed by atoms with van der Waals surface area (Å²) in [5, 5.41) is 13.4. The first-order chi connectivity index (χ1) is 21.0. The van der Waals surface area contributed by atoms with Crippen molar-refractivity contribution in [2.75, 3.05) is 36.0 Å². The van der Waals surface area contributed by atoms with Gasteiger partial charge in [0.05, 0.1) is 28.8 Å². The number of likely N-dealkylation sites (tertiary alicyclic amines) is 1. The minimum absolute atomic E-state index is 0.136. The van der Waals surface area contributed by atoms with Crippen LogP contribution in [0.3, 0.4) is 0 Å². The molecule has 2 aromatic heterocycles. The lowest BCUT2D eigenvalue weighted by Gasteiger charge is -2.31. The summed E-state index contributed by atoms with van der Waals surface area (Å²) >= 11 is 0. The maximum absolute atomic E-state index is 15.0. The standard InChI is InChI=1S/C30H33FN6O6S/c1-18-8-9-21-22(10-11-24(31)26(21)36-44(40,41)17-19(2)42-3)27(18)43-28-23(7-4-13-32-28)25-12-14-33-29(35-25)34-20-6-5-15-37(16-20)30(38)39/h4,7-14,19-20,36H,5-6,15-17H2,1-3H3,(H,38,39)(H,33,34,35). The molecule has 14 heteroatoms. The molecule has 0 bridgehead atoms. The van der Waals surface area contributed by atoms with Crippen LogP contribution < -0.4 is 14.8 Å². The molecule has 0 aliphatic carbocycles. The second kappa shape index (κ2) is 13.0. The van der Waals surface area contributed by atoms with E-state index in [4.69, 9.17) is 9.47 Å². The largest absolute Gasteiger partial charge is 0.465 e. The fraction of sp³-hybridized carbons (Fsp3) is 0.333. The number of hydrogen-bond acceptors (Lipinski definition) is 9. The normalized spacial score (nSPS) is 16.0. The third-order valence-electron chi connectivity index (χ3n) is 7.34. The van der Waals surface area contributed by atoms with E-state index in [1.165, 1.54) is 24.1 Å². The molecule has 1 fully saturated rings. The highest BCUT2D eigenvalue weighted by Crippen LogP contribution is 2.39. The second-order valence-corrected chi connectivity index (χ2v) is 12.4. The van der Waals surface area contributed by atoms with Gasteiger partial charge < -0.3 is 24.8 Å². The Morgan fingerprint density at radius 2 is 1.95 bits per heavy atom. The van der Waals surface area contributed by atoms with Crippen LogP contribution in [-0.2, 0) is 14.8 Å². The zero-order chi connectivity index (χ0) is 31.4. The monoisotopic (exact) mass is 624 g/mol. The first-order valence-electron chi connectivity index (χ1n) is 14.0. The molecule has 0 spiro atoms. The molecule has 2 atom stereocenters. The SMILES string of the molecule is COC(C)CS(=O)(=O)Nc1c(F)ccc2c(Oc3ncccc3-c3ccnc(NC4CCCN(C(=O)O)C4)n3)c(C)ccc12. The summed E-state index contributed by atoms with van der Waals surface area (Å²) in [4.78, 5) is 26.2. The van der Waals surface area contributed by atoms with Gasteiger partial charge in [0, 0.05) is 49.4 Å². The Kier molecular flexibility index (Phi) is 9.11. The van der Waals surface area contributed by atoms with Crippen LogP contribution in [0.5, 0.6) is 11.6 Å². The van der Waals surface area contributed by atoms with Crippen molar-refractivity contribution in [2.45, 2.75) is 38.8 Å². The molecule has 1 aliphatic rings. The zero-order valence-corrected chi connectivity index (χ0v) is 25.3. The van der Waals surface area contributed by atoms with Crippen molar-refractivity contribution >= 4 is 38.5 Å². The summed E-state index contributed by atoms with van der Waals surface area (Å²) < 4.78 is 54.4.